The summed E-state index contributed by atoms with van der Waals surface area (Å²) in [5, 5.41) is 3.47. The van der Waals surface area contributed by atoms with Crippen molar-refractivity contribution in [2.45, 2.75) is 13.5 Å². The Balaban J connectivity index is 1.66. The van der Waals surface area contributed by atoms with Gasteiger partial charge in [-0.05, 0) is 30.7 Å². The smallest absolute Gasteiger partial charge is 0.254 e. The van der Waals surface area contributed by atoms with Gasteiger partial charge >= 0.3 is 0 Å². The summed E-state index contributed by atoms with van der Waals surface area (Å²) in [4.78, 5) is 40.2. The van der Waals surface area contributed by atoms with Crippen LogP contribution in [0.25, 0.3) is 10.9 Å². The zero-order chi connectivity index (χ0) is 21.1. The Morgan fingerprint density at radius 2 is 1.80 bits per heavy atom. The number of amides is 2. The molecule has 1 fully saturated rings. The molecular weight excluding hydrogens is 382 g/mol. The van der Waals surface area contributed by atoms with Crippen molar-refractivity contribution >= 4 is 28.4 Å². The third-order valence-corrected chi connectivity index (χ3v) is 5.15. The maximum atomic E-state index is 13.0. The lowest BCUT2D eigenvalue weighted by molar-refractivity contribution is -0.116. The Bertz CT molecular complexity index is 1160. The molecule has 2 aromatic carbocycles. The summed E-state index contributed by atoms with van der Waals surface area (Å²) >= 11 is 0. The highest BCUT2D eigenvalue weighted by atomic mass is 16.5. The Hall–Kier alpha value is -3.45. The summed E-state index contributed by atoms with van der Waals surface area (Å²) in [6, 6.07) is 16.0. The number of morpholine rings is 1. The van der Waals surface area contributed by atoms with Gasteiger partial charge in [0.25, 0.3) is 11.5 Å². The van der Waals surface area contributed by atoms with E-state index in [4.69, 9.17) is 4.74 Å². The molecule has 1 saturated heterocycles. The van der Waals surface area contributed by atoms with E-state index in [0.717, 1.165) is 5.56 Å². The molecule has 154 valence electrons. The van der Waals surface area contributed by atoms with E-state index in [2.05, 4.69) is 5.32 Å². The molecule has 0 unspecified atom stereocenters. The number of ether oxygens (including phenoxy) is 1. The summed E-state index contributed by atoms with van der Waals surface area (Å²) in [6.07, 6.45) is 0. The first-order valence-corrected chi connectivity index (χ1v) is 9.89. The van der Waals surface area contributed by atoms with Crippen LogP contribution >= 0.6 is 0 Å². The van der Waals surface area contributed by atoms with E-state index in [1.807, 2.05) is 31.2 Å². The molecule has 3 aromatic rings. The highest BCUT2D eigenvalue weighted by Gasteiger charge is 2.22. The van der Waals surface area contributed by atoms with Crippen molar-refractivity contribution in [2.75, 3.05) is 31.6 Å². The minimum absolute atomic E-state index is 0.140. The number of para-hydroxylation sites is 1. The van der Waals surface area contributed by atoms with Gasteiger partial charge in [-0.25, -0.2) is 0 Å². The number of nitrogens with one attached hydrogen (secondary N) is 1. The molecule has 7 nitrogen and oxygen atoms in total. The molecule has 0 radical (unpaired) electrons. The highest BCUT2D eigenvalue weighted by Crippen LogP contribution is 2.19. The SMILES string of the molecule is Cc1cccc(NC(=O)Cn2c(=O)cc(C(=O)N3CCOCC3)c3ccccc32)c1. The van der Waals surface area contributed by atoms with Gasteiger partial charge in [-0.15, -0.1) is 0 Å². The van der Waals surface area contributed by atoms with Crippen LogP contribution in [0.15, 0.2) is 59.4 Å². The van der Waals surface area contributed by atoms with Crippen LogP contribution in [-0.4, -0.2) is 47.6 Å². The zero-order valence-corrected chi connectivity index (χ0v) is 16.8. The van der Waals surface area contributed by atoms with E-state index in [1.165, 1.54) is 10.6 Å². The van der Waals surface area contributed by atoms with Crippen LogP contribution in [0.2, 0.25) is 0 Å². The second kappa shape index (κ2) is 8.51. The van der Waals surface area contributed by atoms with Crippen LogP contribution in [0, 0.1) is 6.92 Å². The van der Waals surface area contributed by atoms with Gasteiger partial charge in [0.05, 0.1) is 24.3 Å². The monoisotopic (exact) mass is 405 g/mol. The van der Waals surface area contributed by atoms with Crippen LogP contribution in [0.4, 0.5) is 5.69 Å². The van der Waals surface area contributed by atoms with E-state index in [-0.39, 0.29) is 23.9 Å². The van der Waals surface area contributed by atoms with E-state index in [9.17, 15) is 14.4 Å². The quantitative estimate of drug-likeness (QED) is 0.723. The number of fused-ring (bicyclic) bond motifs is 1. The molecule has 2 amide bonds. The maximum Gasteiger partial charge on any atom is 0.254 e. The molecule has 0 bridgehead atoms. The molecular formula is C23H23N3O4. The first-order chi connectivity index (χ1) is 14.5. The number of nitrogens with zero attached hydrogens (tertiary/aromatic N) is 2. The van der Waals surface area contributed by atoms with Crippen molar-refractivity contribution in [1.82, 2.24) is 9.47 Å². The van der Waals surface area contributed by atoms with Crippen molar-refractivity contribution in [3.05, 3.63) is 76.1 Å². The van der Waals surface area contributed by atoms with E-state index in [0.29, 0.717) is 48.5 Å². The van der Waals surface area contributed by atoms with Crippen LogP contribution < -0.4 is 10.9 Å². The van der Waals surface area contributed by atoms with Gasteiger partial charge in [-0.1, -0.05) is 30.3 Å². The lowest BCUT2D eigenvalue weighted by Gasteiger charge is -2.27. The van der Waals surface area contributed by atoms with Gasteiger partial charge in [0, 0.05) is 30.2 Å². The van der Waals surface area contributed by atoms with Gasteiger partial charge in [-0.3, -0.25) is 19.0 Å². The number of anilines is 1. The van der Waals surface area contributed by atoms with E-state index < -0.39 is 0 Å². The summed E-state index contributed by atoms with van der Waals surface area (Å²) in [5.74, 6) is -0.497. The van der Waals surface area contributed by atoms with Crippen LogP contribution in [0.5, 0.6) is 0 Å². The molecule has 0 spiro atoms. The molecule has 1 aliphatic heterocycles. The van der Waals surface area contributed by atoms with Crippen LogP contribution in [0.3, 0.4) is 0 Å². The Kier molecular flexibility index (Phi) is 5.63. The van der Waals surface area contributed by atoms with Crippen LogP contribution in [-0.2, 0) is 16.1 Å². The Morgan fingerprint density at radius 1 is 1.03 bits per heavy atom. The van der Waals surface area contributed by atoms with Crippen molar-refractivity contribution in [3.63, 3.8) is 0 Å². The fourth-order valence-corrected chi connectivity index (χ4v) is 3.68. The molecule has 0 aliphatic carbocycles. The number of carbonyl (C=O) groups excluding carboxylic acids is 2. The molecule has 0 saturated carbocycles. The predicted octanol–water partition coefficient (Wildman–Crippen LogP) is 2.42. The minimum Gasteiger partial charge on any atom is -0.378 e. The van der Waals surface area contributed by atoms with Crippen molar-refractivity contribution in [2.24, 2.45) is 0 Å². The minimum atomic E-state index is -0.385. The standard InChI is InChI=1S/C23H23N3O4/c1-16-5-4-6-17(13-16)24-21(27)15-26-20-8-3-2-7-18(20)19(14-22(26)28)23(29)25-9-11-30-12-10-25/h2-8,13-14H,9-12,15H2,1H3,(H,24,27). The topological polar surface area (TPSA) is 80.6 Å². The van der Waals surface area contributed by atoms with Gasteiger partial charge in [-0.2, -0.15) is 0 Å². The molecule has 1 aliphatic rings. The molecule has 1 aromatic heterocycles. The molecule has 1 N–H and O–H groups in total. The average Bonchev–Trinajstić information content (AvgIpc) is 2.75. The molecule has 0 atom stereocenters. The second-order valence-electron chi connectivity index (χ2n) is 7.32. The first kappa shape index (κ1) is 19.8. The fraction of sp³-hybridized carbons (Fsp3) is 0.261. The lowest BCUT2D eigenvalue weighted by atomic mass is 10.1. The van der Waals surface area contributed by atoms with Gasteiger partial charge in [0.2, 0.25) is 5.91 Å². The third-order valence-electron chi connectivity index (χ3n) is 5.15. The van der Waals surface area contributed by atoms with Crippen molar-refractivity contribution < 1.29 is 14.3 Å². The third kappa shape index (κ3) is 4.11. The number of aryl methyl sites for hydroxylation is 1. The summed E-state index contributed by atoms with van der Waals surface area (Å²) in [6.45, 7) is 3.77. The predicted molar refractivity (Wildman–Crippen MR) is 115 cm³/mol. The number of aromatic nitrogens is 1. The second-order valence-corrected chi connectivity index (χ2v) is 7.32. The van der Waals surface area contributed by atoms with E-state index >= 15 is 0 Å². The lowest BCUT2D eigenvalue weighted by Crippen LogP contribution is -2.41. The molecule has 7 heteroatoms. The maximum absolute atomic E-state index is 13.0. The fourth-order valence-electron chi connectivity index (χ4n) is 3.68. The van der Waals surface area contributed by atoms with Crippen LogP contribution in [0.1, 0.15) is 15.9 Å². The first-order valence-electron chi connectivity index (χ1n) is 9.89. The largest absolute Gasteiger partial charge is 0.378 e. The Morgan fingerprint density at radius 3 is 2.57 bits per heavy atom. The van der Waals surface area contributed by atoms with Gasteiger partial charge in [0.1, 0.15) is 6.54 Å². The normalized spacial score (nSPS) is 14.0. The number of rotatable bonds is 4. The van der Waals surface area contributed by atoms with Crippen molar-refractivity contribution in [1.29, 1.82) is 0 Å². The average molecular weight is 405 g/mol. The summed E-state index contributed by atoms with van der Waals surface area (Å²) in [7, 11) is 0. The number of carbonyl (C=O) groups is 2. The summed E-state index contributed by atoms with van der Waals surface area (Å²) < 4.78 is 6.71. The number of pyridine rings is 1. The Labute approximate surface area is 173 Å². The molecule has 4 rings (SSSR count). The number of benzene rings is 2. The van der Waals surface area contributed by atoms with Crippen molar-refractivity contribution in [3.8, 4) is 0 Å². The molecule has 2 heterocycles. The zero-order valence-electron chi connectivity index (χ0n) is 16.8. The molecule has 30 heavy (non-hydrogen) atoms. The highest BCUT2D eigenvalue weighted by molar-refractivity contribution is 6.06. The number of hydrogen-bond acceptors (Lipinski definition) is 4. The van der Waals surface area contributed by atoms with Gasteiger partial charge < -0.3 is 15.0 Å². The summed E-state index contributed by atoms with van der Waals surface area (Å²) in [5.41, 5.74) is 2.23. The number of hydrogen-bond donors (Lipinski definition) is 1. The van der Waals surface area contributed by atoms with E-state index in [1.54, 1.807) is 29.2 Å². The van der Waals surface area contributed by atoms with Gasteiger partial charge in [0.15, 0.2) is 0 Å².